The quantitative estimate of drug-likeness (QED) is 0.738. The van der Waals surface area contributed by atoms with Crippen LogP contribution in [0.15, 0.2) is 18.2 Å². The van der Waals surface area contributed by atoms with Crippen molar-refractivity contribution in [2.75, 3.05) is 26.3 Å². The largest absolute Gasteiger partial charge is 0.490 e. The molecule has 6 nitrogen and oxygen atoms in total. The molecule has 2 heterocycles. The molecule has 28 heavy (non-hydrogen) atoms. The zero-order valence-corrected chi connectivity index (χ0v) is 14.8. The average molecular weight is 404 g/mol. The Bertz CT molecular complexity index is 760. The maximum Gasteiger partial charge on any atom is 0.416 e. The first-order valence-corrected chi connectivity index (χ1v) is 9.02. The number of alkyl halides is 3. The van der Waals surface area contributed by atoms with Crippen LogP contribution in [0.1, 0.15) is 18.4 Å². The maximum absolute atomic E-state index is 13.8. The van der Waals surface area contributed by atoms with Crippen LogP contribution in [0, 0.1) is 17.7 Å². The molecule has 0 aromatic heterocycles. The summed E-state index contributed by atoms with van der Waals surface area (Å²) in [5.41, 5.74) is -1.41. The number of amides is 1. The zero-order chi connectivity index (χ0) is 20.1. The monoisotopic (exact) mass is 404 g/mol. The second-order valence-corrected chi connectivity index (χ2v) is 7.84. The summed E-state index contributed by atoms with van der Waals surface area (Å²) in [7, 11) is 0. The van der Waals surface area contributed by atoms with Crippen molar-refractivity contribution < 1.29 is 36.9 Å². The molecule has 2 aliphatic heterocycles. The van der Waals surface area contributed by atoms with Crippen LogP contribution in [-0.4, -0.2) is 54.2 Å². The molecular weight excluding hydrogens is 384 g/mol. The van der Waals surface area contributed by atoms with E-state index in [0.717, 1.165) is 12.1 Å². The Labute approximate surface area is 158 Å². The maximum atomic E-state index is 13.8. The molecule has 3 aliphatic rings. The Morgan fingerprint density at radius 1 is 1.36 bits per heavy atom. The van der Waals surface area contributed by atoms with Gasteiger partial charge in [-0.05, 0) is 31.0 Å². The number of nitrogens with zero attached hydrogens (tertiary/aromatic N) is 1. The molecule has 1 aromatic rings. The molecule has 4 rings (SSSR count). The highest BCUT2D eigenvalue weighted by atomic mass is 19.4. The van der Waals surface area contributed by atoms with Crippen molar-refractivity contribution in [1.29, 1.82) is 0 Å². The van der Waals surface area contributed by atoms with E-state index in [4.69, 9.17) is 9.47 Å². The molecule has 1 aromatic carbocycles. The molecule has 1 amide bonds. The minimum absolute atomic E-state index is 0.0382. The van der Waals surface area contributed by atoms with Crippen LogP contribution in [0.5, 0.6) is 5.75 Å². The predicted octanol–water partition coefficient (Wildman–Crippen LogP) is 2.36. The number of aliphatic hydroxyl groups is 1. The molecule has 1 spiro atoms. The number of rotatable bonds is 5. The number of cyclic esters (lactones) is 1. The lowest BCUT2D eigenvalue weighted by atomic mass is 9.67. The van der Waals surface area contributed by atoms with Gasteiger partial charge in [0, 0.05) is 24.9 Å². The smallest absolute Gasteiger partial charge is 0.416 e. The van der Waals surface area contributed by atoms with Crippen molar-refractivity contribution in [2.45, 2.75) is 30.8 Å². The van der Waals surface area contributed by atoms with Gasteiger partial charge >= 0.3 is 12.3 Å². The van der Waals surface area contributed by atoms with E-state index < -0.39 is 29.9 Å². The number of ether oxygens (including phenoxy) is 2. The first-order chi connectivity index (χ1) is 13.2. The Balaban J connectivity index is 1.21. The van der Waals surface area contributed by atoms with E-state index in [2.05, 4.69) is 5.32 Å². The summed E-state index contributed by atoms with van der Waals surface area (Å²) in [5, 5.41) is 13.2. The van der Waals surface area contributed by atoms with Gasteiger partial charge in [-0.25, -0.2) is 9.18 Å². The predicted molar refractivity (Wildman–Crippen MR) is 87.9 cm³/mol. The summed E-state index contributed by atoms with van der Waals surface area (Å²) in [6, 6.07) is 2.19. The van der Waals surface area contributed by atoms with Gasteiger partial charge in [-0.1, -0.05) is 0 Å². The van der Waals surface area contributed by atoms with Crippen molar-refractivity contribution in [3.63, 3.8) is 0 Å². The van der Waals surface area contributed by atoms with Crippen molar-refractivity contribution >= 4 is 6.09 Å². The summed E-state index contributed by atoms with van der Waals surface area (Å²) in [6.07, 6.45) is -4.37. The number of likely N-dealkylation sites (tertiary alicyclic amines) is 1. The van der Waals surface area contributed by atoms with E-state index in [-0.39, 0.29) is 29.7 Å². The number of carbonyl (C=O) groups is 1. The number of benzene rings is 1. The summed E-state index contributed by atoms with van der Waals surface area (Å²) in [4.78, 5) is 13.0. The van der Waals surface area contributed by atoms with Gasteiger partial charge in [0.05, 0.1) is 17.7 Å². The Morgan fingerprint density at radius 3 is 2.64 bits per heavy atom. The number of carbonyl (C=O) groups excluding carboxylic acids is 1. The second kappa shape index (κ2) is 6.77. The number of hydrogen-bond acceptors (Lipinski definition) is 5. The molecule has 2 saturated heterocycles. The molecule has 154 valence electrons. The summed E-state index contributed by atoms with van der Waals surface area (Å²) in [6.45, 7) is 1.58. The molecule has 1 saturated carbocycles. The highest BCUT2D eigenvalue weighted by Crippen LogP contribution is 2.44. The Kier molecular flexibility index (Phi) is 4.65. The van der Waals surface area contributed by atoms with Crippen LogP contribution in [0.3, 0.4) is 0 Å². The fourth-order valence-corrected chi connectivity index (χ4v) is 4.10. The van der Waals surface area contributed by atoms with Crippen LogP contribution in [-0.2, 0) is 10.9 Å². The topological polar surface area (TPSA) is 71.0 Å². The molecule has 1 atom stereocenters. The highest BCUT2D eigenvalue weighted by Gasteiger charge is 2.54. The summed E-state index contributed by atoms with van der Waals surface area (Å²) < 4.78 is 61.6. The van der Waals surface area contributed by atoms with Gasteiger partial charge in [0.15, 0.2) is 11.6 Å². The molecule has 0 bridgehead atoms. The minimum atomic E-state index is -4.60. The molecule has 1 aliphatic carbocycles. The molecule has 2 N–H and O–H groups in total. The SMILES string of the molecule is O=C1NC2(CO1)CC(C(O)N1CC(COc3ccc(C(F)(F)F)cc3F)C1)C2. The minimum Gasteiger partial charge on any atom is -0.490 e. The Morgan fingerprint density at radius 2 is 2.07 bits per heavy atom. The molecule has 10 heteroatoms. The first kappa shape index (κ1) is 19.3. The van der Waals surface area contributed by atoms with Gasteiger partial charge < -0.3 is 19.9 Å². The number of nitrogens with one attached hydrogen (secondary N) is 1. The fourth-order valence-electron chi connectivity index (χ4n) is 4.10. The number of hydrogen-bond donors (Lipinski definition) is 2. The molecule has 0 radical (unpaired) electrons. The van der Waals surface area contributed by atoms with Crippen LogP contribution in [0.25, 0.3) is 0 Å². The van der Waals surface area contributed by atoms with Crippen molar-refractivity contribution in [3.05, 3.63) is 29.6 Å². The molecular formula is C18H20F4N2O4. The summed E-state index contributed by atoms with van der Waals surface area (Å²) >= 11 is 0. The van der Waals surface area contributed by atoms with E-state index in [1.165, 1.54) is 0 Å². The van der Waals surface area contributed by atoms with Crippen LogP contribution in [0.2, 0.25) is 0 Å². The third-order valence-corrected chi connectivity index (χ3v) is 5.67. The van der Waals surface area contributed by atoms with Gasteiger partial charge in [-0.2, -0.15) is 13.2 Å². The van der Waals surface area contributed by atoms with E-state index in [1.807, 2.05) is 4.90 Å². The lowest BCUT2D eigenvalue weighted by molar-refractivity contribution is -0.137. The lowest BCUT2D eigenvalue weighted by Gasteiger charge is -2.51. The van der Waals surface area contributed by atoms with Crippen molar-refractivity contribution in [1.82, 2.24) is 10.2 Å². The van der Waals surface area contributed by atoms with Gasteiger partial charge in [-0.15, -0.1) is 0 Å². The fraction of sp³-hybridized carbons (Fsp3) is 0.611. The van der Waals surface area contributed by atoms with Crippen LogP contribution >= 0.6 is 0 Å². The van der Waals surface area contributed by atoms with Gasteiger partial charge in [-0.3, -0.25) is 4.90 Å². The van der Waals surface area contributed by atoms with Gasteiger partial charge in [0.1, 0.15) is 12.8 Å². The second-order valence-electron chi connectivity index (χ2n) is 7.84. The van der Waals surface area contributed by atoms with Crippen molar-refractivity contribution in [2.24, 2.45) is 11.8 Å². The normalized spacial score (nSPS) is 29.0. The van der Waals surface area contributed by atoms with E-state index in [0.29, 0.717) is 38.6 Å². The highest BCUT2D eigenvalue weighted by molar-refractivity contribution is 5.71. The molecule has 3 fully saturated rings. The number of aliphatic hydroxyl groups excluding tert-OH is 1. The zero-order valence-electron chi connectivity index (χ0n) is 14.8. The average Bonchev–Trinajstić information content (AvgIpc) is 2.94. The van der Waals surface area contributed by atoms with Crippen LogP contribution in [0.4, 0.5) is 22.4 Å². The van der Waals surface area contributed by atoms with E-state index >= 15 is 0 Å². The number of alkyl carbamates (subject to hydrolysis) is 1. The van der Waals surface area contributed by atoms with E-state index in [9.17, 15) is 27.5 Å². The lowest BCUT2D eigenvalue weighted by Crippen LogP contribution is -2.63. The third-order valence-electron chi connectivity index (χ3n) is 5.67. The van der Waals surface area contributed by atoms with E-state index in [1.54, 1.807) is 0 Å². The Hall–Kier alpha value is -2.07. The van der Waals surface area contributed by atoms with Gasteiger partial charge in [0.25, 0.3) is 0 Å². The molecule has 1 unspecified atom stereocenters. The summed E-state index contributed by atoms with van der Waals surface area (Å²) in [5.74, 6) is -1.17. The first-order valence-electron chi connectivity index (χ1n) is 9.02. The number of halogens is 4. The van der Waals surface area contributed by atoms with Crippen molar-refractivity contribution in [3.8, 4) is 5.75 Å². The standard InChI is InChI=1S/C18H20F4N2O4/c19-13-3-12(18(20,21)22)1-2-14(13)27-8-10-6-24(7-10)15(25)11-4-17(5-11)9-28-16(26)23-17/h1-3,10-11,15,25H,4-9H2,(H,23,26). The third kappa shape index (κ3) is 3.62. The van der Waals surface area contributed by atoms with Crippen LogP contribution < -0.4 is 10.1 Å². The van der Waals surface area contributed by atoms with Gasteiger partial charge in [0.2, 0.25) is 0 Å².